The van der Waals surface area contributed by atoms with Crippen LogP contribution in [0.1, 0.15) is 25.5 Å². The van der Waals surface area contributed by atoms with Crippen molar-refractivity contribution in [2.24, 2.45) is 0 Å². The predicted molar refractivity (Wildman–Crippen MR) is 112 cm³/mol. The first-order chi connectivity index (χ1) is 13.5. The molecular weight excluding hydrogens is 444 g/mol. The van der Waals surface area contributed by atoms with Crippen LogP contribution >= 0.6 is 27.5 Å². The Labute approximate surface area is 177 Å². The first-order valence-corrected chi connectivity index (χ1v) is 10.1. The van der Waals surface area contributed by atoms with Crippen LogP contribution in [0.2, 0.25) is 5.02 Å². The van der Waals surface area contributed by atoms with Crippen LogP contribution in [0, 0.1) is 0 Å². The fourth-order valence-corrected chi connectivity index (χ4v) is 3.34. The van der Waals surface area contributed by atoms with E-state index in [-0.39, 0.29) is 6.61 Å². The molecule has 28 heavy (non-hydrogen) atoms. The van der Waals surface area contributed by atoms with Gasteiger partial charge in [-0.3, -0.25) is 4.68 Å². The summed E-state index contributed by atoms with van der Waals surface area (Å²) in [5, 5.41) is 5.09. The van der Waals surface area contributed by atoms with Gasteiger partial charge >= 0.3 is 5.97 Å². The highest BCUT2D eigenvalue weighted by atomic mass is 79.9. The first-order valence-electron chi connectivity index (χ1n) is 8.94. The predicted octanol–water partition coefficient (Wildman–Crippen LogP) is 5.67. The summed E-state index contributed by atoms with van der Waals surface area (Å²) in [6.45, 7) is 4.79. The molecule has 0 saturated carbocycles. The lowest BCUT2D eigenvalue weighted by atomic mass is 10.1. The molecule has 0 N–H and O–H groups in total. The number of carbonyl (C=O) groups excluding carboxylic acids is 1. The number of benzene rings is 2. The Bertz CT molecular complexity index is 974. The van der Waals surface area contributed by atoms with Crippen LogP contribution in [-0.2, 0) is 16.1 Å². The van der Waals surface area contributed by atoms with Gasteiger partial charge in [-0.05, 0) is 50.2 Å². The van der Waals surface area contributed by atoms with Crippen molar-refractivity contribution < 1.29 is 14.3 Å². The van der Waals surface area contributed by atoms with E-state index in [1.165, 1.54) is 0 Å². The van der Waals surface area contributed by atoms with Gasteiger partial charge in [0, 0.05) is 33.4 Å². The molecule has 1 atom stereocenters. The molecule has 0 spiro atoms. The molecule has 0 aliphatic carbocycles. The molecule has 1 aromatic heterocycles. The molecule has 1 unspecified atom stereocenters. The number of aryl methyl sites for hydroxylation is 1. The smallest absolute Gasteiger partial charge is 0.352 e. The van der Waals surface area contributed by atoms with Gasteiger partial charge in [0.1, 0.15) is 5.75 Å². The highest BCUT2D eigenvalue weighted by molar-refractivity contribution is 9.10. The Balaban J connectivity index is 2.02. The molecular formula is C21H20BrClN2O3. The Morgan fingerprint density at radius 1 is 1.21 bits per heavy atom. The summed E-state index contributed by atoms with van der Waals surface area (Å²) >= 11 is 9.64. The number of hydrogen-bond donors (Lipinski definition) is 0. The number of esters is 1. The Morgan fingerprint density at radius 2 is 2.04 bits per heavy atom. The van der Waals surface area contributed by atoms with Gasteiger partial charge < -0.3 is 9.47 Å². The summed E-state index contributed by atoms with van der Waals surface area (Å²) in [5.74, 6) is 0.0457. The Kier molecular flexibility index (Phi) is 6.75. The number of aromatic nitrogens is 2. The fraction of sp³-hybridized carbons (Fsp3) is 0.238. The largest absolute Gasteiger partial charge is 0.473 e. The lowest BCUT2D eigenvalue weighted by Crippen LogP contribution is -2.21. The number of ether oxygens (including phenoxy) is 2. The molecule has 0 fully saturated rings. The normalized spacial score (nSPS) is 11.9. The van der Waals surface area contributed by atoms with E-state index < -0.39 is 12.1 Å². The minimum Gasteiger partial charge on any atom is -0.473 e. The van der Waals surface area contributed by atoms with Gasteiger partial charge in [0.25, 0.3) is 0 Å². The van der Waals surface area contributed by atoms with Gasteiger partial charge in [-0.1, -0.05) is 39.7 Å². The first kappa shape index (κ1) is 20.4. The number of nitrogens with zero attached hydrogens (tertiary/aromatic N) is 2. The third kappa shape index (κ3) is 4.75. The van der Waals surface area contributed by atoms with Crippen molar-refractivity contribution in [2.75, 3.05) is 6.61 Å². The Morgan fingerprint density at radius 3 is 2.71 bits per heavy atom. The molecule has 2 aromatic carbocycles. The van der Waals surface area contributed by atoms with E-state index in [1.807, 2.05) is 48.1 Å². The minimum absolute atomic E-state index is 0.265. The number of rotatable bonds is 7. The van der Waals surface area contributed by atoms with Gasteiger partial charge in [0.2, 0.25) is 6.10 Å². The van der Waals surface area contributed by atoms with Crippen LogP contribution in [0.5, 0.6) is 5.75 Å². The third-order valence-electron chi connectivity index (χ3n) is 4.08. The second-order valence-corrected chi connectivity index (χ2v) is 7.35. The average Bonchev–Trinajstić information content (AvgIpc) is 3.16. The van der Waals surface area contributed by atoms with E-state index in [1.54, 1.807) is 25.1 Å². The van der Waals surface area contributed by atoms with E-state index in [0.717, 1.165) is 16.7 Å². The van der Waals surface area contributed by atoms with Crippen molar-refractivity contribution >= 4 is 33.5 Å². The van der Waals surface area contributed by atoms with Gasteiger partial charge in [-0.25, -0.2) is 4.79 Å². The maximum Gasteiger partial charge on any atom is 0.352 e. The van der Waals surface area contributed by atoms with Crippen molar-refractivity contribution in [2.45, 2.75) is 26.5 Å². The van der Waals surface area contributed by atoms with Crippen LogP contribution in [0.25, 0.3) is 11.3 Å². The quantitative estimate of drug-likeness (QED) is 0.424. The van der Waals surface area contributed by atoms with Crippen molar-refractivity contribution in [3.05, 3.63) is 69.8 Å². The molecule has 0 bridgehead atoms. The zero-order chi connectivity index (χ0) is 20.1. The van der Waals surface area contributed by atoms with Crippen molar-refractivity contribution in [1.82, 2.24) is 9.78 Å². The van der Waals surface area contributed by atoms with Gasteiger partial charge in [0.05, 0.1) is 12.3 Å². The highest BCUT2D eigenvalue weighted by Gasteiger charge is 2.26. The van der Waals surface area contributed by atoms with Crippen LogP contribution in [0.3, 0.4) is 0 Å². The molecule has 146 valence electrons. The SMILES string of the molecule is CCOC(=O)C(Oc1ccc(Cl)cc1-c1ccn(CC)n1)c1cccc(Br)c1. The number of carbonyl (C=O) groups is 1. The lowest BCUT2D eigenvalue weighted by Gasteiger charge is -2.20. The van der Waals surface area contributed by atoms with Gasteiger partial charge in [-0.2, -0.15) is 5.10 Å². The molecule has 0 radical (unpaired) electrons. The number of hydrogen-bond acceptors (Lipinski definition) is 4. The molecule has 0 amide bonds. The summed E-state index contributed by atoms with van der Waals surface area (Å²) in [6.07, 6.45) is 0.975. The lowest BCUT2D eigenvalue weighted by molar-refractivity contribution is -0.151. The van der Waals surface area contributed by atoms with Crippen LogP contribution in [-0.4, -0.2) is 22.4 Å². The topological polar surface area (TPSA) is 53.4 Å². The monoisotopic (exact) mass is 462 g/mol. The van der Waals surface area contributed by atoms with Crippen LogP contribution < -0.4 is 4.74 Å². The highest BCUT2D eigenvalue weighted by Crippen LogP contribution is 2.35. The molecule has 0 aliphatic heterocycles. The van der Waals surface area contributed by atoms with Crippen molar-refractivity contribution in [3.63, 3.8) is 0 Å². The maximum absolute atomic E-state index is 12.6. The van der Waals surface area contributed by atoms with E-state index in [4.69, 9.17) is 21.1 Å². The molecule has 0 aliphatic rings. The molecule has 3 aromatic rings. The van der Waals surface area contributed by atoms with Crippen molar-refractivity contribution in [1.29, 1.82) is 0 Å². The average molecular weight is 464 g/mol. The summed E-state index contributed by atoms with van der Waals surface area (Å²) < 4.78 is 14.1. The summed E-state index contributed by atoms with van der Waals surface area (Å²) in [6, 6.07) is 14.5. The second-order valence-electron chi connectivity index (χ2n) is 6.00. The minimum atomic E-state index is -0.911. The van der Waals surface area contributed by atoms with Crippen LogP contribution in [0.4, 0.5) is 0 Å². The fourth-order valence-electron chi connectivity index (χ4n) is 2.75. The zero-order valence-corrected chi connectivity index (χ0v) is 17.9. The van der Waals surface area contributed by atoms with E-state index in [9.17, 15) is 4.79 Å². The second kappa shape index (κ2) is 9.26. The Hall–Kier alpha value is -2.31. The van der Waals surface area contributed by atoms with E-state index in [0.29, 0.717) is 21.9 Å². The van der Waals surface area contributed by atoms with Crippen molar-refractivity contribution in [3.8, 4) is 17.0 Å². The van der Waals surface area contributed by atoms with Crippen LogP contribution in [0.15, 0.2) is 59.2 Å². The summed E-state index contributed by atoms with van der Waals surface area (Å²) in [5.41, 5.74) is 2.12. The molecule has 3 rings (SSSR count). The summed E-state index contributed by atoms with van der Waals surface area (Å²) in [7, 11) is 0. The maximum atomic E-state index is 12.6. The number of halogens is 2. The van der Waals surface area contributed by atoms with E-state index >= 15 is 0 Å². The molecule has 0 saturated heterocycles. The van der Waals surface area contributed by atoms with Gasteiger partial charge in [-0.15, -0.1) is 0 Å². The van der Waals surface area contributed by atoms with E-state index in [2.05, 4.69) is 21.0 Å². The molecule has 5 nitrogen and oxygen atoms in total. The van der Waals surface area contributed by atoms with Gasteiger partial charge in [0.15, 0.2) is 0 Å². The molecule has 7 heteroatoms. The third-order valence-corrected chi connectivity index (χ3v) is 4.81. The molecule has 1 heterocycles. The summed E-state index contributed by atoms with van der Waals surface area (Å²) in [4.78, 5) is 12.6. The standard InChI is InChI=1S/C21H20BrClN2O3/c1-3-25-11-10-18(24-25)17-13-16(23)8-9-19(17)28-20(21(26)27-4-2)14-6-5-7-15(22)12-14/h5-13,20H,3-4H2,1-2H3. The zero-order valence-electron chi connectivity index (χ0n) is 15.6.